The van der Waals surface area contributed by atoms with E-state index in [4.69, 9.17) is 4.18 Å². The van der Waals surface area contributed by atoms with Gasteiger partial charge in [0.25, 0.3) is 10.1 Å². The molecule has 0 aliphatic carbocycles. The van der Waals surface area contributed by atoms with Gasteiger partial charge in [-0.1, -0.05) is 42.0 Å². The highest BCUT2D eigenvalue weighted by molar-refractivity contribution is 7.86. The minimum atomic E-state index is -4.03. The molecule has 1 amide bonds. The lowest BCUT2D eigenvalue weighted by Crippen LogP contribution is -2.51. The van der Waals surface area contributed by atoms with Crippen molar-refractivity contribution in [1.29, 1.82) is 0 Å². The van der Waals surface area contributed by atoms with Crippen molar-refractivity contribution < 1.29 is 27.6 Å². The summed E-state index contributed by atoms with van der Waals surface area (Å²) in [6, 6.07) is 12.8. The number of amides is 1. The Morgan fingerprint density at radius 2 is 1.81 bits per heavy atom. The zero-order chi connectivity index (χ0) is 19.6. The van der Waals surface area contributed by atoms with E-state index in [9.17, 15) is 23.4 Å². The number of nitrogens with zero attached hydrogens (tertiary/aromatic N) is 1. The van der Waals surface area contributed by atoms with Crippen LogP contribution >= 0.6 is 0 Å². The lowest BCUT2D eigenvalue weighted by Gasteiger charge is -2.37. The van der Waals surface area contributed by atoms with Crippen LogP contribution in [0.1, 0.15) is 16.7 Å². The van der Waals surface area contributed by atoms with E-state index in [1.165, 1.54) is 12.1 Å². The molecule has 144 valence electrons. The zero-order valence-electron chi connectivity index (χ0n) is 14.8. The van der Waals surface area contributed by atoms with Crippen molar-refractivity contribution in [2.45, 2.75) is 36.9 Å². The van der Waals surface area contributed by atoms with Gasteiger partial charge in [-0.3, -0.25) is 9.08 Å². The second-order valence-electron chi connectivity index (χ2n) is 6.57. The van der Waals surface area contributed by atoms with Crippen molar-refractivity contribution >= 4 is 16.2 Å². The van der Waals surface area contributed by atoms with Gasteiger partial charge in [-0.05, 0) is 36.6 Å². The van der Waals surface area contributed by atoms with Crippen molar-refractivity contribution in [2.75, 3.05) is 6.61 Å². The van der Waals surface area contributed by atoms with Crippen LogP contribution < -0.4 is 0 Å². The summed E-state index contributed by atoms with van der Waals surface area (Å²) >= 11 is 0. The predicted octanol–water partition coefficient (Wildman–Crippen LogP) is 2.17. The molecule has 1 aliphatic heterocycles. The first kappa shape index (κ1) is 19.3. The molecular weight excluding hydrogens is 370 g/mol. The molecule has 0 fully saturated rings. The van der Waals surface area contributed by atoms with E-state index in [-0.39, 0.29) is 17.9 Å². The summed E-state index contributed by atoms with van der Waals surface area (Å²) in [4.78, 5) is 12.7. The van der Waals surface area contributed by atoms with Gasteiger partial charge in [0.15, 0.2) is 0 Å². The molecule has 0 radical (unpaired) electrons. The van der Waals surface area contributed by atoms with Gasteiger partial charge in [0.05, 0.1) is 23.6 Å². The van der Waals surface area contributed by atoms with Crippen LogP contribution in [0.15, 0.2) is 53.4 Å². The summed E-state index contributed by atoms with van der Waals surface area (Å²) in [5, 5.41) is 19.9. The fourth-order valence-electron chi connectivity index (χ4n) is 3.14. The molecule has 0 saturated heterocycles. The van der Waals surface area contributed by atoms with Gasteiger partial charge in [-0.2, -0.15) is 8.42 Å². The Hall–Kier alpha value is -2.42. The van der Waals surface area contributed by atoms with Crippen LogP contribution in [0.4, 0.5) is 4.79 Å². The molecule has 0 spiro atoms. The van der Waals surface area contributed by atoms with E-state index >= 15 is 0 Å². The number of carboxylic acid groups (broad SMARTS) is 1. The zero-order valence-corrected chi connectivity index (χ0v) is 15.6. The maximum atomic E-state index is 12.3. The van der Waals surface area contributed by atoms with Crippen LogP contribution in [0.25, 0.3) is 0 Å². The number of aliphatic hydroxyl groups excluding tert-OH is 1. The van der Waals surface area contributed by atoms with Crippen LogP contribution in [0, 0.1) is 6.92 Å². The number of hydrogen-bond acceptors (Lipinski definition) is 5. The average molecular weight is 391 g/mol. The average Bonchev–Trinajstić information content (AvgIpc) is 2.65. The quantitative estimate of drug-likeness (QED) is 0.757. The van der Waals surface area contributed by atoms with Crippen LogP contribution in [-0.2, 0) is 27.3 Å². The molecule has 0 bridgehead atoms. The van der Waals surface area contributed by atoms with Gasteiger partial charge < -0.3 is 10.2 Å². The van der Waals surface area contributed by atoms with Gasteiger partial charge >= 0.3 is 6.09 Å². The highest BCUT2D eigenvalue weighted by Gasteiger charge is 2.35. The van der Waals surface area contributed by atoms with Crippen molar-refractivity contribution in [3.8, 4) is 0 Å². The van der Waals surface area contributed by atoms with E-state index in [2.05, 4.69) is 0 Å². The summed E-state index contributed by atoms with van der Waals surface area (Å²) in [6.45, 7) is 1.45. The number of benzene rings is 2. The molecule has 0 saturated carbocycles. The summed E-state index contributed by atoms with van der Waals surface area (Å²) in [6.07, 6.45) is -2.16. The topological polar surface area (TPSA) is 104 Å². The van der Waals surface area contributed by atoms with Crippen molar-refractivity contribution in [3.63, 3.8) is 0 Å². The van der Waals surface area contributed by atoms with Gasteiger partial charge in [-0.15, -0.1) is 0 Å². The van der Waals surface area contributed by atoms with Crippen LogP contribution in [0.2, 0.25) is 0 Å². The SMILES string of the molecule is Cc1ccc(S(=O)(=O)OC[C@@H](O)C2Cc3ccccc3CN2C(=O)O)cc1. The molecule has 2 aromatic rings. The normalized spacial score (nSPS) is 18.0. The molecule has 27 heavy (non-hydrogen) atoms. The molecule has 8 heteroatoms. The van der Waals surface area contributed by atoms with Gasteiger partial charge in [0.1, 0.15) is 0 Å². The standard InChI is InChI=1S/C19H21NO6S/c1-13-6-8-16(9-7-13)27(24,25)26-12-18(21)17-10-14-4-2-3-5-15(14)11-20(17)19(22)23/h2-9,17-18,21H,10-12H2,1H3,(H,22,23)/t17?,18-/m1/s1. The first-order valence-corrected chi connectivity index (χ1v) is 9.89. The molecule has 1 aliphatic rings. The van der Waals surface area contributed by atoms with Crippen LogP contribution in [0.5, 0.6) is 0 Å². The maximum absolute atomic E-state index is 12.3. The fraction of sp³-hybridized carbons (Fsp3) is 0.316. The molecule has 2 aromatic carbocycles. The third-order valence-corrected chi connectivity index (χ3v) is 5.98. The lowest BCUT2D eigenvalue weighted by molar-refractivity contribution is 0.0149. The molecule has 0 aromatic heterocycles. The highest BCUT2D eigenvalue weighted by Crippen LogP contribution is 2.26. The van der Waals surface area contributed by atoms with Gasteiger partial charge in [0.2, 0.25) is 0 Å². The molecule has 1 unspecified atom stereocenters. The highest BCUT2D eigenvalue weighted by atomic mass is 32.2. The summed E-state index contributed by atoms with van der Waals surface area (Å²) < 4.78 is 29.6. The fourth-order valence-corrected chi connectivity index (χ4v) is 4.07. The van der Waals surface area contributed by atoms with Crippen molar-refractivity contribution in [2.24, 2.45) is 0 Å². The predicted molar refractivity (Wildman–Crippen MR) is 97.8 cm³/mol. The summed E-state index contributed by atoms with van der Waals surface area (Å²) in [7, 11) is -4.03. The Morgan fingerprint density at radius 3 is 2.44 bits per heavy atom. The van der Waals surface area contributed by atoms with Crippen molar-refractivity contribution in [3.05, 3.63) is 65.2 Å². The first-order valence-electron chi connectivity index (χ1n) is 8.48. The number of aliphatic hydroxyl groups is 1. The Balaban J connectivity index is 1.73. The van der Waals surface area contributed by atoms with E-state index in [0.717, 1.165) is 21.6 Å². The lowest BCUT2D eigenvalue weighted by atomic mass is 9.91. The minimum Gasteiger partial charge on any atom is -0.465 e. The number of carbonyl (C=O) groups is 1. The molecule has 1 heterocycles. The Kier molecular flexibility index (Phi) is 5.50. The Morgan fingerprint density at radius 1 is 1.19 bits per heavy atom. The van der Waals surface area contributed by atoms with Crippen LogP contribution in [-0.4, -0.2) is 48.4 Å². The largest absolute Gasteiger partial charge is 0.465 e. The molecule has 7 nitrogen and oxygen atoms in total. The number of fused-ring (bicyclic) bond motifs is 1. The van der Waals surface area contributed by atoms with Crippen molar-refractivity contribution in [1.82, 2.24) is 4.90 Å². The van der Waals surface area contributed by atoms with E-state index in [1.54, 1.807) is 12.1 Å². The summed E-state index contributed by atoms with van der Waals surface area (Å²) in [5.74, 6) is 0. The smallest absolute Gasteiger partial charge is 0.407 e. The van der Waals surface area contributed by atoms with E-state index < -0.39 is 35.0 Å². The van der Waals surface area contributed by atoms with E-state index in [0.29, 0.717) is 0 Å². The van der Waals surface area contributed by atoms with Gasteiger partial charge in [-0.25, -0.2) is 4.79 Å². The second-order valence-corrected chi connectivity index (χ2v) is 8.19. The number of rotatable bonds is 5. The minimum absolute atomic E-state index is 0.00983. The van der Waals surface area contributed by atoms with Crippen LogP contribution in [0.3, 0.4) is 0 Å². The van der Waals surface area contributed by atoms with Gasteiger partial charge in [0, 0.05) is 6.54 Å². The molecular formula is C19H21NO6S. The Bertz CT molecular complexity index is 925. The first-order chi connectivity index (χ1) is 12.8. The third-order valence-electron chi connectivity index (χ3n) is 4.68. The number of hydrogen-bond donors (Lipinski definition) is 2. The molecule has 2 N–H and O–H groups in total. The molecule has 3 rings (SSSR count). The summed E-state index contributed by atoms with van der Waals surface area (Å²) in [5.41, 5.74) is 2.71. The van der Waals surface area contributed by atoms with E-state index in [1.807, 2.05) is 31.2 Å². The third kappa shape index (κ3) is 4.29. The number of aryl methyl sites for hydroxylation is 1. The molecule has 2 atom stereocenters. The second kappa shape index (κ2) is 7.67. The Labute approximate surface area is 157 Å². The maximum Gasteiger partial charge on any atom is 0.407 e. The monoisotopic (exact) mass is 391 g/mol.